The highest BCUT2D eigenvalue weighted by Crippen LogP contribution is 2.33. The van der Waals surface area contributed by atoms with E-state index in [0.29, 0.717) is 5.82 Å². The summed E-state index contributed by atoms with van der Waals surface area (Å²) in [6, 6.07) is 1.76. The van der Waals surface area contributed by atoms with Crippen LogP contribution in [0.15, 0.2) is 19.8 Å². The number of hydrogen-bond donors (Lipinski definition) is 1. The Morgan fingerprint density at radius 2 is 1.84 bits per heavy atom. The summed E-state index contributed by atoms with van der Waals surface area (Å²) in [6.07, 6.45) is 1.98. The molecule has 2 rings (SSSR count). The van der Waals surface area contributed by atoms with Gasteiger partial charge in [-0.25, -0.2) is 9.97 Å². The minimum absolute atomic E-state index is 0.129. The van der Waals surface area contributed by atoms with Crippen LogP contribution in [-0.4, -0.2) is 26.4 Å². The van der Waals surface area contributed by atoms with Crippen LogP contribution in [0.5, 0.6) is 0 Å². The lowest BCUT2D eigenvalue weighted by atomic mass is 9.96. The van der Waals surface area contributed by atoms with Crippen molar-refractivity contribution in [2.24, 2.45) is 0 Å². The average molecular weight is 313 g/mol. The van der Waals surface area contributed by atoms with Gasteiger partial charge in [-0.3, -0.25) is 0 Å². The molecule has 0 aliphatic heterocycles. The van der Waals surface area contributed by atoms with Crippen molar-refractivity contribution in [2.45, 2.75) is 39.9 Å². The van der Waals surface area contributed by atoms with Gasteiger partial charge in [-0.1, -0.05) is 43.9 Å². The molecule has 8 heteroatoms. The van der Waals surface area contributed by atoms with Gasteiger partial charge in [0, 0.05) is 11.5 Å². The lowest BCUT2D eigenvalue weighted by molar-refractivity contribution is 0.540. The zero-order valence-electron chi connectivity index (χ0n) is 11.2. The molecule has 2 heterocycles. The molecular formula is C11H15N5S3. The molecule has 0 amide bonds. The number of aromatic nitrogens is 4. The summed E-state index contributed by atoms with van der Waals surface area (Å²) in [7, 11) is 0. The Bertz CT molecular complexity index is 576. The van der Waals surface area contributed by atoms with Gasteiger partial charge >= 0.3 is 0 Å². The standard InChI is InChI=1S/C11H15N5S3/c1-11(2,3)8-13-6(12)5-7(14-8)18-10-16-15-9(17-4)19-10/h5H,1-4H3,(H2,12,13,14). The predicted molar refractivity (Wildman–Crippen MR) is 81.0 cm³/mol. The number of thioether (sulfide) groups is 1. The molecule has 19 heavy (non-hydrogen) atoms. The van der Waals surface area contributed by atoms with Gasteiger partial charge in [0.2, 0.25) is 0 Å². The van der Waals surface area contributed by atoms with Crippen LogP contribution in [0.1, 0.15) is 26.6 Å². The number of nitrogen functional groups attached to an aromatic ring is 1. The van der Waals surface area contributed by atoms with Gasteiger partial charge < -0.3 is 5.73 Å². The third kappa shape index (κ3) is 3.80. The van der Waals surface area contributed by atoms with E-state index >= 15 is 0 Å². The predicted octanol–water partition coefficient (Wildman–Crippen LogP) is 3.08. The van der Waals surface area contributed by atoms with Crippen LogP contribution in [-0.2, 0) is 5.41 Å². The van der Waals surface area contributed by atoms with Crippen molar-refractivity contribution in [3.05, 3.63) is 11.9 Å². The largest absolute Gasteiger partial charge is 0.384 e. The lowest BCUT2D eigenvalue weighted by Gasteiger charge is -2.17. The van der Waals surface area contributed by atoms with E-state index in [4.69, 9.17) is 5.73 Å². The second-order valence-electron chi connectivity index (χ2n) is 4.84. The monoisotopic (exact) mass is 313 g/mol. The van der Waals surface area contributed by atoms with E-state index in [1.165, 1.54) is 11.8 Å². The summed E-state index contributed by atoms with van der Waals surface area (Å²) >= 11 is 4.60. The van der Waals surface area contributed by atoms with Crippen molar-refractivity contribution in [1.82, 2.24) is 20.2 Å². The zero-order valence-corrected chi connectivity index (χ0v) is 13.6. The van der Waals surface area contributed by atoms with Gasteiger partial charge in [0.25, 0.3) is 0 Å². The van der Waals surface area contributed by atoms with Gasteiger partial charge in [0.1, 0.15) is 16.7 Å². The molecule has 0 aliphatic rings. The van der Waals surface area contributed by atoms with Gasteiger partial charge in [-0.2, -0.15) is 0 Å². The van der Waals surface area contributed by atoms with E-state index in [0.717, 1.165) is 19.5 Å². The van der Waals surface area contributed by atoms with Crippen molar-refractivity contribution in [3.63, 3.8) is 0 Å². The van der Waals surface area contributed by atoms with Crippen LogP contribution in [0, 0.1) is 0 Å². The van der Waals surface area contributed by atoms with Crippen LogP contribution >= 0.6 is 34.9 Å². The van der Waals surface area contributed by atoms with E-state index in [2.05, 4.69) is 40.9 Å². The first-order valence-electron chi connectivity index (χ1n) is 5.59. The van der Waals surface area contributed by atoms with Crippen molar-refractivity contribution >= 4 is 40.7 Å². The van der Waals surface area contributed by atoms with Gasteiger partial charge in [-0.05, 0) is 18.0 Å². The normalized spacial score (nSPS) is 11.8. The minimum Gasteiger partial charge on any atom is -0.384 e. The molecule has 0 aliphatic carbocycles. The molecule has 0 unspecified atom stereocenters. The van der Waals surface area contributed by atoms with Gasteiger partial charge in [-0.15, -0.1) is 10.2 Å². The average Bonchev–Trinajstić information content (AvgIpc) is 2.75. The van der Waals surface area contributed by atoms with Crippen molar-refractivity contribution in [1.29, 1.82) is 0 Å². The van der Waals surface area contributed by atoms with Crippen molar-refractivity contribution in [2.75, 3.05) is 12.0 Å². The summed E-state index contributed by atoms with van der Waals surface area (Å²) in [4.78, 5) is 8.82. The summed E-state index contributed by atoms with van der Waals surface area (Å²) in [5.41, 5.74) is 5.71. The molecule has 5 nitrogen and oxygen atoms in total. The summed E-state index contributed by atoms with van der Waals surface area (Å²) < 4.78 is 1.81. The second-order valence-corrected chi connectivity index (χ2v) is 8.14. The molecule has 2 aromatic heterocycles. The third-order valence-electron chi connectivity index (χ3n) is 2.15. The van der Waals surface area contributed by atoms with Crippen LogP contribution in [0.4, 0.5) is 5.82 Å². The highest BCUT2D eigenvalue weighted by atomic mass is 32.2. The lowest BCUT2D eigenvalue weighted by Crippen LogP contribution is -2.17. The van der Waals surface area contributed by atoms with Crippen molar-refractivity contribution in [3.8, 4) is 0 Å². The molecule has 2 aromatic rings. The Balaban J connectivity index is 2.27. The second kappa shape index (κ2) is 5.64. The molecule has 0 fully saturated rings. The SMILES string of the molecule is CSc1nnc(Sc2cc(N)nc(C(C)(C)C)n2)s1. The Morgan fingerprint density at radius 3 is 2.42 bits per heavy atom. The number of hydrogen-bond acceptors (Lipinski definition) is 8. The highest BCUT2D eigenvalue weighted by Gasteiger charge is 2.19. The molecule has 0 atom stereocenters. The topological polar surface area (TPSA) is 77.6 Å². The summed E-state index contributed by atoms with van der Waals surface area (Å²) in [6.45, 7) is 6.19. The molecule has 0 spiro atoms. The number of nitrogens with two attached hydrogens (primary N) is 1. The van der Waals surface area contributed by atoms with E-state index in [9.17, 15) is 0 Å². The zero-order chi connectivity index (χ0) is 14.0. The molecule has 0 bridgehead atoms. The maximum absolute atomic E-state index is 5.84. The highest BCUT2D eigenvalue weighted by molar-refractivity contribution is 8.02. The quantitative estimate of drug-likeness (QED) is 0.689. The maximum Gasteiger partial charge on any atom is 0.181 e. The molecule has 2 N–H and O–H groups in total. The first-order chi connectivity index (χ1) is 8.88. The Hall–Kier alpha value is -0.860. The maximum atomic E-state index is 5.84. The number of nitrogens with zero attached hydrogens (tertiary/aromatic N) is 4. The van der Waals surface area contributed by atoms with E-state index in [-0.39, 0.29) is 5.41 Å². The van der Waals surface area contributed by atoms with E-state index < -0.39 is 0 Å². The fourth-order valence-corrected chi connectivity index (χ4v) is 3.64. The third-order valence-corrected chi connectivity index (χ3v) is 5.02. The van der Waals surface area contributed by atoms with Crippen LogP contribution in [0.3, 0.4) is 0 Å². The fourth-order valence-electron chi connectivity index (χ4n) is 1.24. The molecular weight excluding hydrogens is 298 g/mol. The Labute approximate surface area is 124 Å². The number of rotatable bonds is 3. The molecule has 0 radical (unpaired) electrons. The van der Waals surface area contributed by atoms with E-state index in [1.54, 1.807) is 29.2 Å². The fraction of sp³-hybridized carbons (Fsp3) is 0.455. The molecule has 0 saturated heterocycles. The van der Waals surface area contributed by atoms with Gasteiger partial charge in [0.05, 0.1) is 0 Å². The van der Waals surface area contributed by atoms with Crippen LogP contribution in [0.2, 0.25) is 0 Å². The first kappa shape index (κ1) is 14.5. The minimum atomic E-state index is -0.129. The van der Waals surface area contributed by atoms with E-state index in [1.807, 2.05) is 6.26 Å². The summed E-state index contributed by atoms with van der Waals surface area (Å²) in [5, 5.41) is 8.98. The van der Waals surface area contributed by atoms with Gasteiger partial charge in [0.15, 0.2) is 8.68 Å². The Morgan fingerprint density at radius 1 is 1.16 bits per heavy atom. The first-order valence-corrected chi connectivity index (χ1v) is 8.44. The Kier molecular flexibility index (Phi) is 4.32. The smallest absolute Gasteiger partial charge is 0.181 e. The van der Waals surface area contributed by atoms with Crippen LogP contribution in [0.25, 0.3) is 0 Å². The molecule has 0 saturated carbocycles. The summed E-state index contributed by atoms with van der Waals surface area (Å²) in [5.74, 6) is 1.22. The van der Waals surface area contributed by atoms with Crippen molar-refractivity contribution < 1.29 is 0 Å². The molecule has 0 aromatic carbocycles. The molecule has 102 valence electrons. The van der Waals surface area contributed by atoms with Crippen LogP contribution < -0.4 is 5.73 Å². The number of anilines is 1.